The first-order valence-corrected chi connectivity index (χ1v) is 5.44. The summed E-state index contributed by atoms with van der Waals surface area (Å²) in [7, 11) is 0. The van der Waals surface area contributed by atoms with E-state index in [1.165, 1.54) is 0 Å². The smallest absolute Gasteiger partial charge is 0.149 e. The molecule has 0 saturated carbocycles. The van der Waals surface area contributed by atoms with Gasteiger partial charge >= 0.3 is 0 Å². The van der Waals surface area contributed by atoms with Crippen LogP contribution in [-0.2, 0) is 12.1 Å². The summed E-state index contributed by atoms with van der Waals surface area (Å²) in [5.74, 6) is 0.924. The van der Waals surface area contributed by atoms with E-state index in [0.29, 0.717) is 13.0 Å². The van der Waals surface area contributed by atoms with Crippen LogP contribution in [0.15, 0.2) is 18.2 Å². The van der Waals surface area contributed by atoms with Crippen LogP contribution < -0.4 is 10.1 Å². The SMILES string of the molecule is FC1(c2ccc3c(c2)CCO3)CCNC1. The Balaban J connectivity index is 1.98. The molecule has 1 unspecified atom stereocenters. The molecule has 0 aromatic heterocycles. The Bertz CT molecular complexity index is 385. The number of ether oxygens (including phenoxy) is 1. The largest absolute Gasteiger partial charge is 0.493 e. The molecule has 0 amide bonds. The summed E-state index contributed by atoms with van der Waals surface area (Å²) in [5, 5.41) is 3.07. The summed E-state index contributed by atoms with van der Waals surface area (Å²) in [6.07, 6.45) is 1.49. The molecule has 1 aromatic rings. The highest BCUT2D eigenvalue weighted by Crippen LogP contribution is 2.36. The molecule has 1 aromatic carbocycles. The quantitative estimate of drug-likeness (QED) is 0.758. The standard InChI is InChI=1S/C12H14FNO/c13-12(4-5-14-8-12)10-1-2-11-9(7-10)3-6-15-11/h1-2,7,14H,3-6,8H2. The first-order valence-electron chi connectivity index (χ1n) is 5.44. The summed E-state index contributed by atoms with van der Waals surface area (Å²) in [6.45, 7) is 1.94. The monoisotopic (exact) mass is 207 g/mol. The highest BCUT2D eigenvalue weighted by atomic mass is 19.1. The minimum Gasteiger partial charge on any atom is -0.493 e. The summed E-state index contributed by atoms with van der Waals surface area (Å²) < 4.78 is 19.8. The van der Waals surface area contributed by atoms with Crippen LogP contribution in [0.2, 0.25) is 0 Å². The van der Waals surface area contributed by atoms with E-state index in [0.717, 1.165) is 36.4 Å². The van der Waals surface area contributed by atoms with Gasteiger partial charge in [0.25, 0.3) is 0 Å². The molecular weight excluding hydrogens is 193 g/mol. The van der Waals surface area contributed by atoms with E-state index in [1.807, 2.05) is 18.2 Å². The fourth-order valence-corrected chi connectivity index (χ4v) is 2.37. The highest BCUT2D eigenvalue weighted by Gasteiger charge is 2.36. The van der Waals surface area contributed by atoms with Gasteiger partial charge in [-0.2, -0.15) is 0 Å². The maximum Gasteiger partial charge on any atom is 0.149 e. The van der Waals surface area contributed by atoms with E-state index in [-0.39, 0.29) is 0 Å². The number of hydrogen-bond donors (Lipinski definition) is 1. The second kappa shape index (κ2) is 3.20. The van der Waals surface area contributed by atoms with E-state index < -0.39 is 5.67 Å². The summed E-state index contributed by atoms with van der Waals surface area (Å²) in [5.41, 5.74) is 0.783. The van der Waals surface area contributed by atoms with E-state index in [4.69, 9.17) is 4.74 Å². The van der Waals surface area contributed by atoms with Crippen molar-refractivity contribution < 1.29 is 9.13 Å². The lowest BCUT2D eigenvalue weighted by Crippen LogP contribution is -2.23. The van der Waals surface area contributed by atoms with Gasteiger partial charge in [-0.25, -0.2) is 4.39 Å². The van der Waals surface area contributed by atoms with Crippen LogP contribution >= 0.6 is 0 Å². The van der Waals surface area contributed by atoms with Crippen LogP contribution in [0, 0.1) is 0 Å². The lowest BCUT2D eigenvalue weighted by Gasteiger charge is -2.19. The van der Waals surface area contributed by atoms with E-state index >= 15 is 0 Å². The van der Waals surface area contributed by atoms with Crippen LogP contribution in [0.4, 0.5) is 4.39 Å². The van der Waals surface area contributed by atoms with Crippen LogP contribution in [0.1, 0.15) is 17.5 Å². The Morgan fingerprint density at radius 3 is 3.13 bits per heavy atom. The Hall–Kier alpha value is -1.09. The minimum atomic E-state index is -1.17. The average Bonchev–Trinajstić information content (AvgIpc) is 2.85. The number of hydrogen-bond acceptors (Lipinski definition) is 2. The predicted octanol–water partition coefficient (Wildman–Crippen LogP) is 1.78. The van der Waals surface area contributed by atoms with Gasteiger partial charge < -0.3 is 10.1 Å². The number of rotatable bonds is 1. The zero-order valence-electron chi connectivity index (χ0n) is 8.55. The Labute approximate surface area is 88.4 Å². The number of halogens is 1. The summed E-state index contributed by atoms with van der Waals surface area (Å²) in [6, 6.07) is 5.73. The van der Waals surface area contributed by atoms with Crippen molar-refractivity contribution in [2.45, 2.75) is 18.5 Å². The highest BCUT2D eigenvalue weighted by molar-refractivity contribution is 5.42. The molecule has 0 spiro atoms. The van der Waals surface area contributed by atoms with E-state index in [9.17, 15) is 4.39 Å². The van der Waals surface area contributed by atoms with Gasteiger partial charge in [-0.15, -0.1) is 0 Å². The second-order valence-electron chi connectivity index (χ2n) is 4.31. The summed E-state index contributed by atoms with van der Waals surface area (Å²) >= 11 is 0. The van der Waals surface area contributed by atoms with Crippen LogP contribution in [0.25, 0.3) is 0 Å². The van der Waals surface area contributed by atoms with Gasteiger partial charge in [-0.1, -0.05) is 6.07 Å². The van der Waals surface area contributed by atoms with Crippen molar-refractivity contribution in [1.29, 1.82) is 0 Å². The van der Waals surface area contributed by atoms with Crippen molar-refractivity contribution in [2.75, 3.05) is 19.7 Å². The maximum atomic E-state index is 14.4. The van der Waals surface area contributed by atoms with E-state index in [2.05, 4.69) is 5.32 Å². The van der Waals surface area contributed by atoms with Crippen LogP contribution in [-0.4, -0.2) is 19.7 Å². The third kappa shape index (κ3) is 1.42. The first-order chi connectivity index (χ1) is 7.28. The summed E-state index contributed by atoms with van der Waals surface area (Å²) in [4.78, 5) is 0. The zero-order valence-corrected chi connectivity index (χ0v) is 8.55. The molecule has 3 heteroatoms. The molecule has 0 aliphatic carbocycles. The van der Waals surface area contributed by atoms with Crippen molar-refractivity contribution >= 4 is 0 Å². The molecule has 2 aliphatic heterocycles. The average molecular weight is 207 g/mol. The molecule has 2 aliphatic rings. The van der Waals surface area contributed by atoms with Crippen molar-refractivity contribution in [1.82, 2.24) is 5.32 Å². The van der Waals surface area contributed by atoms with Gasteiger partial charge in [0, 0.05) is 13.0 Å². The number of alkyl halides is 1. The minimum absolute atomic E-state index is 0.437. The van der Waals surface area contributed by atoms with Gasteiger partial charge in [0.2, 0.25) is 0 Å². The topological polar surface area (TPSA) is 21.3 Å². The van der Waals surface area contributed by atoms with Crippen LogP contribution in [0.3, 0.4) is 0 Å². The predicted molar refractivity (Wildman–Crippen MR) is 55.9 cm³/mol. The molecular formula is C12H14FNO. The normalized spacial score (nSPS) is 28.9. The molecule has 80 valence electrons. The third-order valence-corrected chi connectivity index (χ3v) is 3.31. The number of nitrogens with one attached hydrogen (secondary N) is 1. The molecule has 1 atom stereocenters. The molecule has 3 rings (SSSR count). The van der Waals surface area contributed by atoms with Gasteiger partial charge in [0.05, 0.1) is 6.61 Å². The van der Waals surface area contributed by atoms with Gasteiger partial charge in [0.1, 0.15) is 11.4 Å². The molecule has 2 heterocycles. The Kier molecular flexibility index (Phi) is 1.96. The fraction of sp³-hybridized carbons (Fsp3) is 0.500. The lowest BCUT2D eigenvalue weighted by molar-refractivity contribution is 0.193. The van der Waals surface area contributed by atoms with Crippen molar-refractivity contribution in [3.63, 3.8) is 0 Å². The maximum absolute atomic E-state index is 14.4. The third-order valence-electron chi connectivity index (χ3n) is 3.31. The molecule has 2 nitrogen and oxygen atoms in total. The van der Waals surface area contributed by atoms with Crippen molar-refractivity contribution in [3.8, 4) is 5.75 Å². The van der Waals surface area contributed by atoms with Crippen LogP contribution in [0.5, 0.6) is 5.75 Å². The molecule has 1 fully saturated rings. The fourth-order valence-electron chi connectivity index (χ4n) is 2.37. The molecule has 1 saturated heterocycles. The number of benzene rings is 1. The van der Waals surface area contributed by atoms with Crippen molar-refractivity contribution in [2.24, 2.45) is 0 Å². The van der Waals surface area contributed by atoms with Gasteiger partial charge in [-0.3, -0.25) is 0 Å². The van der Waals surface area contributed by atoms with Gasteiger partial charge in [0.15, 0.2) is 0 Å². The first kappa shape index (κ1) is 9.16. The molecule has 1 N–H and O–H groups in total. The van der Waals surface area contributed by atoms with E-state index in [1.54, 1.807) is 0 Å². The van der Waals surface area contributed by atoms with Crippen molar-refractivity contribution in [3.05, 3.63) is 29.3 Å². The molecule has 0 bridgehead atoms. The molecule has 0 radical (unpaired) electrons. The second-order valence-corrected chi connectivity index (χ2v) is 4.31. The Morgan fingerprint density at radius 1 is 1.40 bits per heavy atom. The zero-order chi connectivity index (χ0) is 10.3. The Morgan fingerprint density at radius 2 is 2.33 bits per heavy atom. The molecule has 15 heavy (non-hydrogen) atoms. The number of fused-ring (bicyclic) bond motifs is 1. The lowest BCUT2D eigenvalue weighted by atomic mass is 9.93. The van der Waals surface area contributed by atoms with Gasteiger partial charge in [-0.05, 0) is 36.2 Å².